The standard InChI is InChI=1S/C11H17N3O3/c1-12-5-6-17-9(7-12)8-14-10(15)3-4-13(2)11(14)16/h3-4,9H,5-8H2,1-2H3. The summed E-state index contributed by atoms with van der Waals surface area (Å²) < 4.78 is 8.18. The number of hydrogen-bond donors (Lipinski definition) is 0. The monoisotopic (exact) mass is 239 g/mol. The highest BCUT2D eigenvalue weighted by atomic mass is 16.5. The van der Waals surface area contributed by atoms with E-state index in [0.29, 0.717) is 13.2 Å². The molecular formula is C11H17N3O3. The SMILES string of the molecule is CN1CCOC(Cn2c(=O)ccn(C)c2=O)C1. The molecule has 1 aliphatic rings. The summed E-state index contributed by atoms with van der Waals surface area (Å²) in [7, 11) is 3.63. The Bertz CT molecular complexity index is 505. The second kappa shape index (κ2) is 4.85. The Hall–Kier alpha value is -1.40. The Morgan fingerprint density at radius 2 is 2.18 bits per heavy atom. The summed E-state index contributed by atoms with van der Waals surface area (Å²) >= 11 is 0. The van der Waals surface area contributed by atoms with Crippen LogP contribution in [-0.4, -0.2) is 46.9 Å². The summed E-state index contributed by atoms with van der Waals surface area (Å²) in [5.41, 5.74) is -0.570. The lowest BCUT2D eigenvalue weighted by Gasteiger charge is -2.30. The van der Waals surface area contributed by atoms with Crippen LogP contribution in [0.5, 0.6) is 0 Å². The fourth-order valence-electron chi connectivity index (χ4n) is 1.96. The third kappa shape index (κ3) is 2.65. The summed E-state index contributed by atoms with van der Waals surface area (Å²) in [6.07, 6.45) is 1.39. The van der Waals surface area contributed by atoms with Gasteiger partial charge in [-0.15, -0.1) is 0 Å². The minimum Gasteiger partial charge on any atom is -0.374 e. The number of aromatic nitrogens is 2. The predicted molar refractivity (Wildman–Crippen MR) is 63.2 cm³/mol. The van der Waals surface area contributed by atoms with Crippen LogP contribution in [0.15, 0.2) is 21.9 Å². The molecule has 17 heavy (non-hydrogen) atoms. The number of nitrogens with zero attached hydrogens (tertiary/aromatic N) is 3. The average molecular weight is 239 g/mol. The van der Waals surface area contributed by atoms with Crippen molar-refractivity contribution in [3.63, 3.8) is 0 Å². The summed E-state index contributed by atoms with van der Waals surface area (Å²) in [4.78, 5) is 25.6. The fraction of sp³-hybridized carbons (Fsp3) is 0.636. The lowest BCUT2D eigenvalue weighted by Crippen LogP contribution is -2.47. The molecular weight excluding hydrogens is 222 g/mol. The van der Waals surface area contributed by atoms with E-state index in [1.54, 1.807) is 7.05 Å². The second-order valence-electron chi connectivity index (χ2n) is 4.41. The summed E-state index contributed by atoms with van der Waals surface area (Å²) in [6, 6.07) is 1.40. The van der Waals surface area contributed by atoms with Gasteiger partial charge in [-0.2, -0.15) is 0 Å². The van der Waals surface area contributed by atoms with E-state index < -0.39 is 0 Å². The molecule has 2 rings (SSSR count). The summed E-state index contributed by atoms with van der Waals surface area (Å²) in [6.45, 7) is 2.59. The third-order valence-corrected chi connectivity index (χ3v) is 2.97. The van der Waals surface area contributed by atoms with Crippen LogP contribution >= 0.6 is 0 Å². The molecule has 1 aromatic heterocycles. The molecule has 0 saturated carbocycles. The lowest BCUT2D eigenvalue weighted by molar-refractivity contribution is -0.0286. The fourth-order valence-corrected chi connectivity index (χ4v) is 1.96. The van der Waals surface area contributed by atoms with Crippen LogP contribution in [0.2, 0.25) is 0 Å². The highest BCUT2D eigenvalue weighted by molar-refractivity contribution is 4.86. The minimum absolute atomic E-state index is 0.0958. The van der Waals surface area contributed by atoms with Gasteiger partial charge in [-0.05, 0) is 7.05 Å². The Balaban J connectivity index is 2.21. The molecule has 0 radical (unpaired) electrons. The first kappa shape index (κ1) is 12.1. The minimum atomic E-state index is -0.297. The molecule has 1 fully saturated rings. The number of likely N-dealkylation sites (N-methyl/N-ethyl adjacent to an activating group) is 1. The maximum Gasteiger partial charge on any atom is 0.330 e. The van der Waals surface area contributed by atoms with Gasteiger partial charge in [0.15, 0.2) is 0 Å². The van der Waals surface area contributed by atoms with Gasteiger partial charge in [-0.25, -0.2) is 4.79 Å². The summed E-state index contributed by atoms with van der Waals surface area (Å²) in [5.74, 6) is 0. The Morgan fingerprint density at radius 3 is 2.88 bits per heavy atom. The van der Waals surface area contributed by atoms with E-state index in [4.69, 9.17) is 4.74 Å². The van der Waals surface area contributed by atoms with Crippen LogP contribution in [0.1, 0.15) is 0 Å². The molecule has 1 saturated heterocycles. The predicted octanol–water partition coefficient (Wildman–Crippen LogP) is -1.12. The molecule has 0 spiro atoms. The number of rotatable bonds is 2. The van der Waals surface area contributed by atoms with Crippen LogP contribution in [-0.2, 0) is 18.3 Å². The van der Waals surface area contributed by atoms with E-state index in [9.17, 15) is 9.59 Å². The molecule has 0 bridgehead atoms. The zero-order valence-corrected chi connectivity index (χ0v) is 10.1. The van der Waals surface area contributed by atoms with E-state index >= 15 is 0 Å². The first-order valence-electron chi connectivity index (χ1n) is 5.64. The van der Waals surface area contributed by atoms with Gasteiger partial charge < -0.3 is 14.2 Å². The van der Waals surface area contributed by atoms with E-state index in [-0.39, 0.29) is 17.4 Å². The Kier molecular flexibility index (Phi) is 3.44. The van der Waals surface area contributed by atoms with E-state index in [2.05, 4.69) is 4.90 Å². The second-order valence-corrected chi connectivity index (χ2v) is 4.41. The zero-order valence-electron chi connectivity index (χ0n) is 10.1. The van der Waals surface area contributed by atoms with Crippen LogP contribution in [0.3, 0.4) is 0 Å². The van der Waals surface area contributed by atoms with Gasteiger partial charge in [0, 0.05) is 32.4 Å². The van der Waals surface area contributed by atoms with Crippen molar-refractivity contribution in [2.75, 3.05) is 26.7 Å². The van der Waals surface area contributed by atoms with Crippen molar-refractivity contribution < 1.29 is 4.74 Å². The molecule has 1 unspecified atom stereocenters. The normalized spacial score (nSPS) is 21.6. The van der Waals surface area contributed by atoms with Crippen LogP contribution in [0, 0.1) is 0 Å². The van der Waals surface area contributed by atoms with Crippen molar-refractivity contribution in [1.29, 1.82) is 0 Å². The number of hydrogen-bond acceptors (Lipinski definition) is 4. The van der Waals surface area contributed by atoms with Gasteiger partial charge >= 0.3 is 5.69 Å². The maximum atomic E-state index is 11.8. The number of aryl methyl sites for hydroxylation is 1. The van der Waals surface area contributed by atoms with Gasteiger partial charge in [0.2, 0.25) is 0 Å². The molecule has 0 amide bonds. The third-order valence-electron chi connectivity index (χ3n) is 2.97. The van der Waals surface area contributed by atoms with Gasteiger partial charge in [0.05, 0.1) is 19.3 Å². The van der Waals surface area contributed by atoms with E-state index in [1.807, 2.05) is 7.05 Å². The zero-order chi connectivity index (χ0) is 12.4. The molecule has 2 heterocycles. The van der Waals surface area contributed by atoms with Crippen LogP contribution in [0.4, 0.5) is 0 Å². The summed E-state index contributed by atoms with van der Waals surface area (Å²) in [5, 5.41) is 0. The number of morpholine rings is 1. The van der Waals surface area contributed by atoms with Crippen molar-refractivity contribution in [2.45, 2.75) is 12.6 Å². The van der Waals surface area contributed by atoms with Gasteiger partial charge in [-0.1, -0.05) is 0 Å². The highest BCUT2D eigenvalue weighted by Crippen LogP contribution is 2.03. The molecule has 94 valence electrons. The lowest BCUT2D eigenvalue weighted by atomic mass is 10.3. The molecule has 1 aliphatic heterocycles. The topological polar surface area (TPSA) is 56.5 Å². The van der Waals surface area contributed by atoms with E-state index in [1.165, 1.54) is 21.4 Å². The first-order valence-corrected chi connectivity index (χ1v) is 5.64. The van der Waals surface area contributed by atoms with Crippen molar-refractivity contribution in [1.82, 2.24) is 14.0 Å². The van der Waals surface area contributed by atoms with Crippen molar-refractivity contribution in [2.24, 2.45) is 7.05 Å². The smallest absolute Gasteiger partial charge is 0.330 e. The van der Waals surface area contributed by atoms with Crippen molar-refractivity contribution in [3.05, 3.63) is 33.1 Å². The van der Waals surface area contributed by atoms with Crippen molar-refractivity contribution >= 4 is 0 Å². The molecule has 0 aliphatic carbocycles. The molecule has 6 nitrogen and oxygen atoms in total. The average Bonchev–Trinajstić information content (AvgIpc) is 2.30. The van der Waals surface area contributed by atoms with Crippen LogP contribution < -0.4 is 11.2 Å². The molecule has 0 N–H and O–H groups in total. The van der Waals surface area contributed by atoms with E-state index in [0.717, 1.165) is 13.1 Å². The molecule has 1 aromatic rings. The first-order chi connectivity index (χ1) is 8.08. The quantitative estimate of drug-likeness (QED) is 0.656. The maximum absolute atomic E-state index is 11.8. The molecule has 1 atom stereocenters. The molecule has 0 aromatic carbocycles. The highest BCUT2D eigenvalue weighted by Gasteiger charge is 2.19. The Morgan fingerprint density at radius 1 is 1.41 bits per heavy atom. The van der Waals surface area contributed by atoms with Gasteiger partial charge in [0.25, 0.3) is 5.56 Å². The van der Waals surface area contributed by atoms with Crippen LogP contribution in [0.25, 0.3) is 0 Å². The molecule has 6 heteroatoms. The van der Waals surface area contributed by atoms with Crippen molar-refractivity contribution in [3.8, 4) is 0 Å². The van der Waals surface area contributed by atoms with Gasteiger partial charge in [0.1, 0.15) is 0 Å². The van der Waals surface area contributed by atoms with Gasteiger partial charge in [-0.3, -0.25) is 9.36 Å². The number of ether oxygens (including phenoxy) is 1. The largest absolute Gasteiger partial charge is 0.374 e. The Labute approximate surface area is 99.0 Å².